The average Bonchev–Trinajstić information content (AvgIpc) is 3.38. The predicted octanol–water partition coefficient (Wildman–Crippen LogP) is 4.69. The molecule has 1 amide bonds. The van der Waals surface area contributed by atoms with E-state index in [4.69, 9.17) is 18.9 Å². The molecule has 1 N–H and O–H groups in total. The topological polar surface area (TPSA) is 74.2 Å². The van der Waals surface area contributed by atoms with Gasteiger partial charge < -0.3 is 28.8 Å². The molecule has 0 aliphatic carbocycles. The number of benzene rings is 3. The molecule has 0 unspecified atom stereocenters. The zero-order chi connectivity index (χ0) is 28.6. The van der Waals surface area contributed by atoms with Crippen LogP contribution in [0, 0.1) is 0 Å². The smallest absolute Gasteiger partial charge is 0.220 e. The van der Waals surface area contributed by atoms with E-state index in [-0.39, 0.29) is 11.8 Å². The largest absolute Gasteiger partial charge is 0.497 e. The van der Waals surface area contributed by atoms with Gasteiger partial charge in [-0.25, -0.2) is 0 Å². The average molecular weight is 558 g/mol. The molecule has 1 aliphatic rings. The number of carbonyl (C=O) groups is 1. The van der Waals surface area contributed by atoms with E-state index in [0.717, 1.165) is 60.6 Å². The van der Waals surface area contributed by atoms with Gasteiger partial charge in [0.2, 0.25) is 5.91 Å². The minimum absolute atomic E-state index is 0.0111. The van der Waals surface area contributed by atoms with Crippen LogP contribution in [0.1, 0.15) is 29.0 Å². The lowest BCUT2D eigenvalue weighted by Crippen LogP contribution is -2.41. The number of morpholine rings is 1. The number of methoxy groups -OCH3 is 3. The third kappa shape index (κ3) is 7.01. The number of amides is 1. The monoisotopic (exact) mass is 557 g/mol. The summed E-state index contributed by atoms with van der Waals surface area (Å²) in [4.78, 5) is 15.7. The van der Waals surface area contributed by atoms with Crippen LogP contribution in [0.15, 0.2) is 72.9 Å². The van der Waals surface area contributed by atoms with Crippen molar-refractivity contribution in [2.45, 2.75) is 18.9 Å². The number of hydrogen-bond acceptors (Lipinski definition) is 6. The van der Waals surface area contributed by atoms with Crippen LogP contribution in [0.3, 0.4) is 0 Å². The first kappa shape index (κ1) is 28.5. The van der Waals surface area contributed by atoms with Crippen LogP contribution in [0.5, 0.6) is 17.2 Å². The molecule has 1 saturated heterocycles. The van der Waals surface area contributed by atoms with Crippen molar-refractivity contribution in [1.82, 2.24) is 14.8 Å². The van der Waals surface area contributed by atoms with Gasteiger partial charge in [-0.05, 0) is 47.0 Å². The van der Waals surface area contributed by atoms with E-state index in [0.29, 0.717) is 31.0 Å². The van der Waals surface area contributed by atoms with Gasteiger partial charge in [-0.1, -0.05) is 30.3 Å². The van der Waals surface area contributed by atoms with E-state index in [9.17, 15) is 4.79 Å². The third-order valence-corrected chi connectivity index (χ3v) is 7.73. The SMILES string of the molecule is COc1ccc(Cn2cc([C@@H](CC(=O)NCCN3CCOCC3)c3cc(OC)cc(OC)c3)c3ccccc32)cc1. The summed E-state index contributed by atoms with van der Waals surface area (Å²) in [5.41, 5.74) is 4.34. The molecule has 5 rings (SSSR count). The van der Waals surface area contributed by atoms with Crippen molar-refractivity contribution in [2.75, 3.05) is 60.7 Å². The summed E-state index contributed by atoms with van der Waals surface area (Å²) >= 11 is 0. The van der Waals surface area contributed by atoms with Gasteiger partial charge in [0.1, 0.15) is 17.2 Å². The number of nitrogens with zero attached hydrogens (tertiary/aromatic N) is 2. The number of para-hydroxylation sites is 1. The molecule has 0 saturated carbocycles. The number of hydrogen-bond donors (Lipinski definition) is 1. The lowest BCUT2D eigenvalue weighted by molar-refractivity contribution is -0.121. The molecule has 3 aromatic carbocycles. The van der Waals surface area contributed by atoms with Crippen LogP contribution < -0.4 is 19.5 Å². The first-order chi connectivity index (χ1) is 20.1. The number of carbonyl (C=O) groups excluding carboxylic acids is 1. The van der Waals surface area contributed by atoms with Gasteiger partial charge >= 0.3 is 0 Å². The second-order valence-electron chi connectivity index (χ2n) is 10.3. The minimum atomic E-state index is -0.204. The number of aromatic nitrogens is 1. The predicted molar refractivity (Wildman–Crippen MR) is 160 cm³/mol. The molecule has 4 aromatic rings. The normalized spacial score (nSPS) is 14.5. The lowest BCUT2D eigenvalue weighted by atomic mass is 9.87. The van der Waals surface area contributed by atoms with Crippen LogP contribution in [0.4, 0.5) is 0 Å². The number of ether oxygens (including phenoxy) is 4. The van der Waals surface area contributed by atoms with E-state index in [1.54, 1.807) is 21.3 Å². The molecular weight excluding hydrogens is 518 g/mol. The van der Waals surface area contributed by atoms with Crippen molar-refractivity contribution >= 4 is 16.8 Å². The highest BCUT2D eigenvalue weighted by Gasteiger charge is 2.24. The van der Waals surface area contributed by atoms with Gasteiger partial charge in [-0.3, -0.25) is 9.69 Å². The van der Waals surface area contributed by atoms with Crippen molar-refractivity contribution in [1.29, 1.82) is 0 Å². The molecule has 1 aromatic heterocycles. The van der Waals surface area contributed by atoms with Crippen molar-refractivity contribution < 1.29 is 23.7 Å². The summed E-state index contributed by atoms with van der Waals surface area (Å²) in [6.07, 6.45) is 2.49. The quantitative estimate of drug-likeness (QED) is 0.273. The molecule has 1 aliphatic heterocycles. The molecule has 0 radical (unpaired) electrons. The molecule has 1 fully saturated rings. The first-order valence-corrected chi connectivity index (χ1v) is 14.1. The second-order valence-corrected chi connectivity index (χ2v) is 10.3. The minimum Gasteiger partial charge on any atom is -0.497 e. The number of fused-ring (bicyclic) bond motifs is 1. The van der Waals surface area contributed by atoms with Crippen LogP contribution in [0.2, 0.25) is 0 Å². The van der Waals surface area contributed by atoms with E-state index in [1.807, 2.05) is 30.3 Å². The maximum atomic E-state index is 13.4. The molecule has 8 nitrogen and oxygen atoms in total. The van der Waals surface area contributed by atoms with Gasteiger partial charge in [-0.2, -0.15) is 0 Å². The summed E-state index contributed by atoms with van der Waals surface area (Å²) in [5, 5.41) is 4.28. The van der Waals surface area contributed by atoms with Gasteiger partial charge in [0.25, 0.3) is 0 Å². The van der Waals surface area contributed by atoms with Gasteiger partial charge in [0, 0.05) is 68.2 Å². The molecule has 41 heavy (non-hydrogen) atoms. The Kier molecular flexibility index (Phi) is 9.44. The number of rotatable bonds is 12. The summed E-state index contributed by atoms with van der Waals surface area (Å²) < 4.78 is 24.2. The Bertz CT molecular complexity index is 1420. The Morgan fingerprint density at radius 2 is 1.59 bits per heavy atom. The van der Waals surface area contributed by atoms with Crippen molar-refractivity contribution in [3.63, 3.8) is 0 Å². The Labute approximate surface area is 241 Å². The van der Waals surface area contributed by atoms with Crippen LogP contribution in [-0.4, -0.2) is 76.1 Å². The van der Waals surface area contributed by atoms with Gasteiger partial charge in [0.15, 0.2) is 0 Å². The fourth-order valence-electron chi connectivity index (χ4n) is 5.49. The van der Waals surface area contributed by atoms with E-state index < -0.39 is 0 Å². The second kappa shape index (κ2) is 13.6. The molecule has 216 valence electrons. The molecular formula is C33H39N3O5. The van der Waals surface area contributed by atoms with Crippen LogP contribution in [0.25, 0.3) is 10.9 Å². The van der Waals surface area contributed by atoms with E-state index in [1.165, 1.54) is 5.56 Å². The summed E-state index contributed by atoms with van der Waals surface area (Å²) in [6.45, 7) is 5.40. The maximum Gasteiger partial charge on any atom is 0.220 e. The standard InChI is InChI=1S/C33H39N3O5/c1-38-26-10-8-24(9-11-26)22-36-23-31(29-6-4-5-7-32(29)36)30(25-18-27(39-2)20-28(19-25)40-3)21-33(37)34-12-13-35-14-16-41-17-15-35/h4-11,18-20,23,30H,12-17,21-22H2,1-3H3,(H,34,37)/t30-/m0/s1. The van der Waals surface area contributed by atoms with E-state index >= 15 is 0 Å². The number of nitrogens with one attached hydrogen (secondary N) is 1. The molecule has 1 atom stereocenters. The van der Waals surface area contributed by atoms with Crippen LogP contribution >= 0.6 is 0 Å². The molecule has 2 heterocycles. The zero-order valence-electron chi connectivity index (χ0n) is 24.1. The Morgan fingerprint density at radius 1 is 0.902 bits per heavy atom. The molecule has 0 spiro atoms. The fourth-order valence-corrected chi connectivity index (χ4v) is 5.49. The Hall–Kier alpha value is -4.01. The third-order valence-electron chi connectivity index (χ3n) is 7.73. The van der Waals surface area contributed by atoms with Gasteiger partial charge in [0.05, 0.1) is 34.5 Å². The Morgan fingerprint density at radius 3 is 2.27 bits per heavy atom. The summed E-state index contributed by atoms with van der Waals surface area (Å²) in [7, 11) is 4.96. The highest BCUT2D eigenvalue weighted by molar-refractivity contribution is 5.87. The summed E-state index contributed by atoms with van der Waals surface area (Å²) in [5.74, 6) is 2.03. The zero-order valence-corrected chi connectivity index (χ0v) is 24.1. The van der Waals surface area contributed by atoms with Crippen molar-refractivity contribution in [3.8, 4) is 17.2 Å². The molecule has 8 heteroatoms. The maximum absolute atomic E-state index is 13.4. The lowest BCUT2D eigenvalue weighted by Gasteiger charge is -2.26. The van der Waals surface area contributed by atoms with E-state index in [2.05, 4.69) is 57.4 Å². The highest BCUT2D eigenvalue weighted by atomic mass is 16.5. The highest BCUT2D eigenvalue weighted by Crippen LogP contribution is 2.38. The first-order valence-electron chi connectivity index (χ1n) is 14.1. The fraction of sp³-hybridized carbons (Fsp3) is 0.364. The Balaban J connectivity index is 1.47. The summed E-state index contributed by atoms with van der Waals surface area (Å²) in [6, 6.07) is 22.4. The van der Waals surface area contributed by atoms with Crippen molar-refractivity contribution in [3.05, 3.63) is 89.6 Å². The van der Waals surface area contributed by atoms with Crippen molar-refractivity contribution in [2.24, 2.45) is 0 Å². The van der Waals surface area contributed by atoms with Gasteiger partial charge in [-0.15, -0.1) is 0 Å². The van der Waals surface area contributed by atoms with Crippen LogP contribution in [-0.2, 0) is 16.1 Å². The molecule has 0 bridgehead atoms.